The van der Waals surface area contributed by atoms with Crippen molar-refractivity contribution in [3.8, 4) is 0 Å². The van der Waals surface area contributed by atoms with Crippen molar-refractivity contribution < 1.29 is 9.18 Å². The quantitative estimate of drug-likeness (QED) is 0.757. The molecular weight excluding hydrogens is 351 g/mol. The van der Waals surface area contributed by atoms with Crippen LogP contribution in [-0.2, 0) is 6.42 Å². The van der Waals surface area contributed by atoms with Gasteiger partial charge < -0.3 is 4.90 Å². The third kappa shape index (κ3) is 3.92. The highest BCUT2D eigenvalue weighted by Gasteiger charge is 2.31. The molecule has 0 N–H and O–H groups in total. The van der Waals surface area contributed by atoms with Crippen molar-refractivity contribution in [3.63, 3.8) is 0 Å². The van der Waals surface area contributed by atoms with Crippen LogP contribution in [0.4, 0.5) is 10.1 Å². The Balaban J connectivity index is 0.00000196. The van der Waals surface area contributed by atoms with Crippen molar-refractivity contribution in [2.24, 2.45) is 0 Å². The summed E-state index contributed by atoms with van der Waals surface area (Å²) < 4.78 is 13.0. The number of carbonyl (C=O) groups is 1. The fraction of sp³-hybridized carbons (Fsp3) is 0.381. The van der Waals surface area contributed by atoms with E-state index in [1.165, 1.54) is 29.8 Å². The summed E-state index contributed by atoms with van der Waals surface area (Å²) in [6.45, 7) is 3.81. The highest BCUT2D eigenvalue weighted by atomic mass is 35.5. The minimum Gasteiger partial charge on any atom is -0.366 e. The van der Waals surface area contributed by atoms with Crippen molar-refractivity contribution in [1.82, 2.24) is 4.90 Å². The molecule has 1 fully saturated rings. The maximum absolute atomic E-state index is 13.0. The molecular formula is C21H24ClFN2O. The standard InChI is InChI=1S/C21H23FN2O.ClH/c22-18-8-5-17(6-9-18)21(25)11-12-23-13-14-24-19(15-23)10-7-16-3-1-2-4-20(16)24;/h1-6,8-9,19H,7,10-15H2;1H. The lowest BCUT2D eigenvalue weighted by molar-refractivity contribution is 0.0957. The zero-order valence-corrected chi connectivity index (χ0v) is 15.6. The number of Topliss-reactive ketones (excluding diaryl/α,β-unsaturated/α-hetero) is 1. The number of hydrogen-bond donors (Lipinski definition) is 0. The maximum Gasteiger partial charge on any atom is 0.164 e. The largest absolute Gasteiger partial charge is 0.366 e. The van der Waals surface area contributed by atoms with Crippen LogP contribution in [0.5, 0.6) is 0 Å². The number of benzene rings is 2. The molecule has 26 heavy (non-hydrogen) atoms. The van der Waals surface area contributed by atoms with Crippen LogP contribution in [-0.4, -0.2) is 42.9 Å². The summed E-state index contributed by atoms with van der Waals surface area (Å²) in [5.41, 5.74) is 3.45. The molecule has 0 spiro atoms. The molecule has 0 bridgehead atoms. The first kappa shape index (κ1) is 18.9. The Kier molecular flexibility index (Phi) is 5.94. The lowest BCUT2D eigenvalue weighted by Crippen LogP contribution is -2.55. The van der Waals surface area contributed by atoms with E-state index in [0.717, 1.165) is 32.6 Å². The van der Waals surface area contributed by atoms with E-state index < -0.39 is 0 Å². The minimum absolute atomic E-state index is 0. The number of piperazine rings is 1. The van der Waals surface area contributed by atoms with Gasteiger partial charge in [-0.15, -0.1) is 12.4 Å². The summed E-state index contributed by atoms with van der Waals surface area (Å²) in [7, 11) is 0. The number of rotatable bonds is 4. The van der Waals surface area contributed by atoms with Gasteiger partial charge >= 0.3 is 0 Å². The summed E-state index contributed by atoms with van der Waals surface area (Å²) in [4.78, 5) is 17.2. The number of aryl methyl sites for hydroxylation is 1. The van der Waals surface area contributed by atoms with E-state index in [1.807, 2.05) is 0 Å². The summed E-state index contributed by atoms with van der Waals surface area (Å²) in [6.07, 6.45) is 2.81. The average molecular weight is 375 g/mol. The molecule has 0 amide bonds. The topological polar surface area (TPSA) is 23.6 Å². The van der Waals surface area contributed by atoms with E-state index in [2.05, 4.69) is 34.1 Å². The molecule has 2 heterocycles. The van der Waals surface area contributed by atoms with E-state index in [4.69, 9.17) is 0 Å². The Hall–Kier alpha value is -1.91. The Morgan fingerprint density at radius 3 is 2.65 bits per heavy atom. The number of carbonyl (C=O) groups excluding carboxylic acids is 1. The molecule has 2 aromatic carbocycles. The van der Waals surface area contributed by atoms with Gasteiger partial charge in [-0.3, -0.25) is 9.69 Å². The smallest absolute Gasteiger partial charge is 0.164 e. The molecule has 2 aromatic rings. The van der Waals surface area contributed by atoms with Gasteiger partial charge in [-0.05, 0) is 48.7 Å². The van der Waals surface area contributed by atoms with Crippen LogP contribution < -0.4 is 4.90 Å². The van der Waals surface area contributed by atoms with Crippen LogP contribution in [0.3, 0.4) is 0 Å². The van der Waals surface area contributed by atoms with Crippen LogP contribution in [0.25, 0.3) is 0 Å². The van der Waals surface area contributed by atoms with E-state index >= 15 is 0 Å². The number of nitrogens with zero attached hydrogens (tertiary/aromatic N) is 2. The zero-order chi connectivity index (χ0) is 17.2. The Labute approximate surface area is 160 Å². The van der Waals surface area contributed by atoms with Gasteiger partial charge in [-0.2, -0.15) is 0 Å². The number of ketones is 1. The normalized spacial score (nSPS) is 19.3. The van der Waals surface area contributed by atoms with Crippen molar-refractivity contribution >= 4 is 23.9 Å². The summed E-state index contributed by atoms with van der Waals surface area (Å²) in [5, 5.41) is 0. The fourth-order valence-corrected chi connectivity index (χ4v) is 4.05. The van der Waals surface area contributed by atoms with E-state index in [0.29, 0.717) is 18.0 Å². The molecule has 1 unspecified atom stereocenters. The van der Waals surface area contributed by atoms with Gasteiger partial charge in [0.25, 0.3) is 0 Å². The Morgan fingerprint density at radius 2 is 1.85 bits per heavy atom. The molecule has 1 saturated heterocycles. The molecule has 0 saturated carbocycles. The van der Waals surface area contributed by atoms with Crippen molar-refractivity contribution in [2.45, 2.75) is 25.3 Å². The number of halogens is 2. The van der Waals surface area contributed by atoms with Crippen LogP contribution in [0.2, 0.25) is 0 Å². The van der Waals surface area contributed by atoms with Crippen LogP contribution in [0, 0.1) is 5.82 Å². The van der Waals surface area contributed by atoms with Crippen LogP contribution in [0.1, 0.15) is 28.8 Å². The summed E-state index contributed by atoms with van der Waals surface area (Å²) in [6, 6.07) is 15.1. The second kappa shape index (κ2) is 8.19. The molecule has 138 valence electrons. The molecule has 0 aliphatic carbocycles. The third-order valence-corrected chi connectivity index (χ3v) is 5.44. The van der Waals surface area contributed by atoms with E-state index in [1.54, 1.807) is 12.1 Å². The van der Waals surface area contributed by atoms with Gasteiger partial charge in [0.2, 0.25) is 0 Å². The summed E-state index contributed by atoms with van der Waals surface area (Å²) in [5.74, 6) is -0.207. The zero-order valence-electron chi connectivity index (χ0n) is 14.7. The molecule has 5 heteroatoms. The fourth-order valence-electron chi connectivity index (χ4n) is 4.05. The van der Waals surface area contributed by atoms with E-state index in [-0.39, 0.29) is 24.0 Å². The highest BCUT2D eigenvalue weighted by molar-refractivity contribution is 5.96. The third-order valence-electron chi connectivity index (χ3n) is 5.44. The minimum atomic E-state index is -0.301. The predicted molar refractivity (Wildman–Crippen MR) is 105 cm³/mol. The first-order valence-electron chi connectivity index (χ1n) is 9.06. The molecule has 2 aliphatic rings. The lowest BCUT2D eigenvalue weighted by Gasteiger charge is -2.46. The number of fused-ring (bicyclic) bond motifs is 3. The highest BCUT2D eigenvalue weighted by Crippen LogP contribution is 2.32. The van der Waals surface area contributed by atoms with Crippen molar-refractivity contribution in [1.29, 1.82) is 0 Å². The maximum atomic E-state index is 13.0. The SMILES string of the molecule is Cl.O=C(CCN1CCN2c3ccccc3CCC2C1)c1ccc(F)cc1. The molecule has 1 atom stereocenters. The van der Waals surface area contributed by atoms with Crippen LogP contribution >= 0.6 is 12.4 Å². The second-order valence-corrected chi connectivity index (χ2v) is 7.00. The molecule has 4 rings (SSSR count). The van der Waals surface area contributed by atoms with E-state index in [9.17, 15) is 9.18 Å². The monoisotopic (exact) mass is 374 g/mol. The molecule has 0 radical (unpaired) electrons. The van der Waals surface area contributed by atoms with Gasteiger partial charge in [0.1, 0.15) is 5.82 Å². The van der Waals surface area contributed by atoms with Crippen molar-refractivity contribution in [2.75, 3.05) is 31.1 Å². The predicted octanol–water partition coefficient (Wildman–Crippen LogP) is 3.96. The second-order valence-electron chi connectivity index (χ2n) is 7.00. The van der Waals surface area contributed by atoms with Crippen LogP contribution in [0.15, 0.2) is 48.5 Å². The first-order valence-corrected chi connectivity index (χ1v) is 9.06. The number of para-hydroxylation sites is 1. The Bertz CT molecular complexity index is 765. The van der Waals surface area contributed by atoms with Gasteiger partial charge in [0.15, 0.2) is 5.78 Å². The molecule has 3 nitrogen and oxygen atoms in total. The average Bonchev–Trinajstić information content (AvgIpc) is 2.66. The van der Waals surface area contributed by atoms with Crippen molar-refractivity contribution in [3.05, 3.63) is 65.5 Å². The van der Waals surface area contributed by atoms with Gasteiger partial charge in [0.05, 0.1) is 0 Å². The Morgan fingerprint density at radius 1 is 1.08 bits per heavy atom. The van der Waals surface area contributed by atoms with Gasteiger partial charge in [-0.1, -0.05) is 18.2 Å². The van der Waals surface area contributed by atoms with Gasteiger partial charge in [0, 0.05) is 49.9 Å². The van der Waals surface area contributed by atoms with Gasteiger partial charge in [-0.25, -0.2) is 4.39 Å². The lowest BCUT2D eigenvalue weighted by atomic mass is 9.94. The summed E-state index contributed by atoms with van der Waals surface area (Å²) >= 11 is 0. The molecule has 0 aromatic heterocycles. The first-order chi connectivity index (χ1) is 12.2. The molecule has 2 aliphatic heterocycles. The number of anilines is 1. The number of hydrogen-bond acceptors (Lipinski definition) is 3.